The van der Waals surface area contributed by atoms with Crippen molar-refractivity contribution in [3.63, 3.8) is 0 Å². The van der Waals surface area contributed by atoms with Crippen LogP contribution in [0.2, 0.25) is 5.02 Å². The van der Waals surface area contributed by atoms with E-state index in [-0.39, 0.29) is 6.61 Å². The summed E-state index contributed by atoms with van der Waals surface area (Å²) in [4.78, 5) is 0. The predicted octanol–water partition coefficient (Wildman–Crippen LogP) is 2.67. The molecule has 3 nitrogen and oxygen atoms in total. The number of hydrogen-bond donors (Lipinski definition) is 1. The predicted molar refractivity (Wildman–Crippen MR) is 67.0 cm³/mol. The number of methoxy groups -OCH3 is 1. The smallest absolute Gasteiger partial charge is 0.165 e. The molecule has 1 aliphatic rings. The highest BCUT2D eigenvalue weighted by atomic mass is 35.5. The topological polar surface area (TPSA) is 38.7 Å². The van der Waals surface area contributed by atoms with Crippen molar-refractivity contribution in [3.8, 4) is 11.5 Å². The Morgan fingerprint density at radius 1 is 1.41 bits per heavy atom. The fourth-order valence-electron chi connectivity index (χ4n) is 1.73. The maximum absolute atomic E-state index is 9.07. The van der Waals surface area contributed by atoms with E-state index in [2.05, 4.69) is 0 Å². The molecule has 1 N–H and O–H groups in total. The molecule has 0 unspecified atom stereocenters. The fourth-order valence-corrected chi connectivity index (χ4v) is 1.98. The van der Waals surface area contributed by atoms with E-state index < -0.39 is 0 Å². The molecule has 0 saturated heterocycles. The molecule has 1 fully saturated rings. The average Bonchev–Trinajstić information content (AvgIpc) is 3.14. The third-order valence-electron chi connectivity index (χ3n) is 2.91. The zero-order valence-electron chi connectivity index (χ0n) is 9.91. The van der Waals surface area contributed by atoms with Gasteiger partial charge in [-0.1, -0.05) is 11.6 Å². The average molecular weight is 257 g/mol. The fraction of sp³-hybridized carbons (Fsp3) is 0.538. The van der Waals surface area contributed by atoms with Gasteiger partial charge in [0.2, 0.25) is 0 Å². The zero-order valence-corrected chi connectivity index (χ0v) is 10.7. The molecule has 1 aromatic rings. The van der Waals surface area contributed by atoms with Crippen molar-refractivity contribution in [1.82, 2.24) is 0 Å². The molecule has 1 aromatic carbocycles. The second-order valence-electron chi connectivity index (χ2n) is 4.29. The number of ether oxygens (including phenoxy) is 2. The minimum Gasteiger partial charge on any atom is -0.493 e. The first-order valence-corrected chi connectivity index (χ1v) is 6.23. The lowest BCUT2D eigenvalue weighted by molar-refractivity contribution is 0.269. The molecule has 94 valence electrons. The maximum atomic E-state index is 9.07. The second-order valence-corrected chi connectivity index (χ2v) is 4.69. The number of hydrogen-bond acceptors (Lipinski definition) is 3. The van der Waals surface area contributed by atoms with Crippen LogP contribution in [-0.4, -0.2) is 25.4 Å². The van der Waals surface area contributed by atoms with E-state index in [1.54, 1.807) is 19.2 Å². The highest BCUT2D eigenvalue weighted by molar-refractivity contribution is 6.31. The Bertz CT molecular complexity index is 388. The molecule has 1 aliphatic carbocycles. The van der Waals surface area contributed by atoms with Crippen LogP contribution in [-0.2, 0) is 6.42 Å². The van der Waals surface area contributed by atoms with Gasteiger partial charge in [0.05, 0.1) is 13.7 Å². The van der Waals surface area contributed by atoms with Gasteiger partial charge in [-0.15, -0.1) is 0 Å². The van der Waals surface area contributed by atoms with Crippen LogP contribution in [0, 0.1) is 5.92 Å². The van der Waals surface area contributed by atoms with Crippen LogP contribution in [0.1, 0.15) is 18.4 Å². The summed E-state index contributed by atoms with van der Waals surface area (Å²) in [7, 11) is 1.61. The van der Waals surface area contributed by atoms with Crippen LogP contribution in [0.3, 0.4) is 0 Å². The van der Waals surface area contributed by atoms with E-state index >= 15 is 0 Å². The van der Waals surface area contributed by atoms with Gasteiger partial charge in [0.1, 0.15) is 0 Å². The summed E-state index contributed by atoms with van der Waals surface area (Å²) in [5.74, 6) is 2.03. The van der Waals surface area contributed by atoms with E-state index in [9.17, 15) is 0 Å². The molecule has 0 heterocycles. The maximum Gasteiger partial charge on any atom is 0.165 e. The Hall–Kier alpha value is -0.930. The molecule has 17 heavy (non-hydrogen) atoms. The van der Waals surface area contributed by atoms with E-state index in [0.29, 0.717) is 35.5 Å². The lowest BCUT2D eigenvalue weighted by Gasteiger charge is -2.15. The molecular formula is C13H17ClO3. The molecule has 2 rings (SSSR count). The van der Waals surface area contributed by atoms with Gasteiger partial charge in [0.25, 0.3) is 0 Å². The van der Waals surface area contributed by atoms with Crippen LogP contribution in [0.5, 0.6) is 11.5 Å². The summed E-state index contributed by atoms with van der Waals surface area (Å²) in [6, 6.07) is 3.57. The highest BCUT2D eigenvalue weighted by Gasteiger charge is 2.23. The summed E-state index contributed by atoms with van der Waals surface area (Å²) < 4.78 is 11.1. The molecule has 0 atom stereocenters. The molecule has 0 spiro atoms. The van der Waals surface area contributed by atoms with Crippen LogP contribution < -0.4 is 9.47 Å². The van der Waals surface area contributed by atoms with Gasteiger partial charge in [-0.3, -0.25) is 0 Å². The van der Waals surface area contributed by atoms with Gasteiger partial charge in [0.15, 0.2) is 11.5 Å². The Balaban J connectivity index is 2.24. The van der Waals surface area contributed by atoms with E-state index in [1.165, 1.54) is 12.8 Å². The summed E-state index contributed by atoms with van der Waals surface area (Å²) in [5.41, 5.74) is 0.828. The summed E-state index contributed by atoms with van der Waals surface area (Å²) in [6.45, 7) is 0.752. The van der Waals surface area contributed by atoms with Gasteiger partial charge in [-0.25, -0.2) is 0 Å². The molecule has 0 bridgehead atoms. The minimum absolute atomic E-state index is 0.0483. The largest absolute Gasteiger partial charge is 0.493 e. The monoisotopic (exact) mass is 256 g/mol. The number of halogens is 1. The Morgan fingerprint density at radius 2 is 2.18 bits per heavy atom. The molecule has 0 amide bonds. The third kappa shape index (κ3) is 3.05. The molecule has 1 saturated carbocycles. The van der Waals surface area contributed by atoms with Crippen molar-refractivity contribution in [2.45, 2.75) is 19.3 Å². The van der Waals surface area contributed by atoms with Crippen LogP contribution >= 0.6 is 11.6 Å². The molecular weight excluding hydrogens is 240 g/mol. The third-order valence-corrected chi connectivity index (χ3v) is 3.26. The Morgan fingerprint density at radius 3 is 2.76 bits per heavy atom. The summed E-state index contributed by atoms with van der Waals surface area (Å²) in [6.07, 6.45) is 2.95. The van der Waals surface area contributed by atoms with Crippen molar-refractivity contribution < 1.29 is 14.6 Å². The van der Waals surface area contributed by atoms with Gasteiger partial charge >= 0.3 is 0 Å². The van der Waals surface area contributed by atoms with Crippen molar-refractivity contribution in [2.75, 3.05) is 20.3 Å². The second kappa shape index (κ2) is 5.61. The SMILES string of the molecule is COc1ccc(Cl)c(CCO)c1OCC1CC1. The first kappa shape index (κ1) is 12.5. The number of aliphatic hydroxyl groups is 1. The first-order valence-electron chi connectivity index (χ1n) is 5.85. The molecule has 0 aliphatic heterocycles. The van der Waals surface area contributed by atoms with E-state index in [1.807, 2.05) is 0 Å². The van der Waals surface area contributed by atoms with Gasteiger partial charge < -0.3 is 14.6 Å². The zero-order chi connectivity index (χ0) is 12.3. The van der Waals surface area contributed by atoms with Crippen LogP contribution in [0.4, 0.5) is 0 Å². The van der Waals surface area contributed by atoms with Gasteiger partial charge in [0, 0.05) is 23.6 Å². The van der Waals surface area contributed by atoms with Crippen molar-refractivity contribution in [3.05, 3.63) is 22.7 Å². The quantitative estimate of drug-likeness (QED) is 0.851. The first-order chi connectivity index (χ1) is 8.26. The normalized spacial score (nSPS) is 14.8. The molecule has 0 radical (unpaired) electrons. The minimum atomic E-state index is 0.0483. The van der Waals surface area contributed by atoms with Crippen molar-refractivity contribution in [1.29, 1.82) is 0 Å². The number of rotatable bonds is 6. The van der Waals surface area contributed by atoms with Gasteiger partial charge in [-0.05, 0) is 30.9 Å². The molecule has 0 aromatic heterocycles. The van der Waals surface area contributed by atoms with Crippen LogP contribution in [0.15, 0.2) is 12.1 Å². The summed E-state index contributed by atoms with van der Waals surface area (Å²) in [5, 5.41) is 9.68. The van der Waals surface area contributed by atoms with Gasteiger partial charge in [-0.2, -0.15) is 0 Å². The lowest BCUT2D eigenvalue weighted by atomic mass is 10.1. The Kier molecular flexibility index (Phi) is 4.13. The standard InChI is InChI=1S/C13H17ClO3/c1-16-12-5-4-11(14)10(6-7-15)13(12)17-8-9-2-3-9/h4-5,9,15H,2-3,6-8H2,1H3. The number of aliphatic hydroxyl groups excluding tert-OH is 1. The molecule has 4 heteroatoms. The van der Waals surface area contributed by atoms with Crippen molar-refractivity contribution in [2.24, 2.45) is 5.92 Å². The van der Waals surface area contributed by atoms with E-state index in [4.69, 9.17) is 26.2 Å². The highest BCUT2D eigenvalue weighted by Crippen LogP contribution is 2.38. The van der Waals surface area contributed by atoms with Crippen molar-refractivity contribution >= 4 is 11.6 Å². The lowest BCUT2D eigenvalue weighted by Crippen LogP contribution is -2.05. The van der Waals surface area contributed by atoms with Crippen LogP contribution in [0.25, 0.3) is 0 Å². The van der Waals surface area contributed by atoms with E-state index in [0.717, 1.165) is 5.56 Å². The number of benzene rings is 1. The Labute approximate surface area is 106 Å². The summed E-state index contributed by atoms with van der Waals surface area (Å²) >= 11 is 6.12.